The van der Waals surface area contributed by atoms with Gasteiger partial charge in [-0.1, -0.05) is 12.1 Å². The molecule has 1 saturated heterocycles. The Morgan fingerprint density at radius 1 is 1.22 bits per heavy atom. The summed E-state index contributed by atoms with van der Waals surface area (Å²) in [6.07, 6.45) is 3.12. The summed E-state index contributed by atoms with van der Waals surface area (Å²) >= 11 is 0. The number of amides is 2. The van der Waals surface area contributed by atoms with E-state index in [1.807, 2.05) is 31.2 Å². The van der Waals surface area contributed by atoms with Crippen LogP contribution in [0.5, 0.6) is 0 Å². The molecule has 2 amide bonds. The number of nitrogens with zero attached hydrogens (tertiary/aromatic N) is 3. The van der Waals surface area contributed by atoms with Gasteiger partial charge in [-0.25, -0.2) is 9.78 Å². The van der Waals surface area contributed by atoms with E-state index in [2.05, 4.69) is 15.2 Å². The lowest BCUT2D eigenvalue weighted by atomic mass is 10.0. The monoisotopic (exact) mass is 368 g/mol. The summed E-state index contributed by atoms with van der Waals surface area (Å²) < 4.78 is 18.7. The normalized spacial score (nSPS) is 15.8. The average Bonchev–Trinajstić information content (AvgIpc) is 3.17. The Kier molecular flexibility index (Phi) is 4.66. The maximum absolute atomic E-state index is 13.3. The zero-order valence-corrected chi connectivity index (χ0v) is 15.1. The summed E-state index contributed by atoms with van der Waals surface area (Å²) in [6.45, 7) is 4.44. The maximum atomic E-state index is 13.3. The zero-order valence-electron chi connectivity index (χ0n) is 15.1. The van der Waals surface area contributed by atoms with Crippen molar-refractivity contribution in [2.24, 2.45) is 0 Å². The van der Waals surface area contributed by atoms with Gasteiger partial charge < -0.3 is 19.5 Å². The molecule has 27 heavy (non-hydrogen) atoms. The number of hydrogen-bond donors (Lipinski definition) is 1. The van der Waals surface area contributed by atoms with E-state index >= 15 is 0 Å². The van der Waals surface area contributed by atoms with E-state index in [0.717, 1.165) is 22.2 Å². The van der Waals surface area contributed by atoms with Crippen molar-refractivity contribution in [1.29, 1.82) is 0 Å². The molecule has 0 radical (unpaired) electrons. The Bertz CT molecular complexity index is 950. The number of piperazine rings is 1. The predicted octanol–water partition coefficient (Wildman–Crippen LogP) is 3.56. The number of rotatable bonds is 3. The van der Waals surface area contributed by atoms with Crippen LogP contribution in [0.15, 0.2) is 53.3 Å². The van der Waals surface area contributed by atoms with Crippen molar-refractivity contribution in [3.8, 4) is 0 Å². The van der Waals surface area contributed by atoms with Gasteiger partial charge in [-0.15, -0.1) is 0 Å². The number of urea groups is 1. The van der Waals surface area contributed by atoms with Gasteiger partial charge in [0.25, 0.3) is 0 Å². The molecule has 1 aliphatic rings. The molecule has 3 aromatic rings. The highest BCUT2D eigenvalue weighted by Crippen LogP contribution is 2.25. The van der Waals surface area contributed by atoms with Crippen molar-refractivity contribution in [1.82, 2.24) is 15.2 Å². The Labute approximate surface area is 156 Å². The second-order valence-electron chi connectivity index (χ2n) is 6.66. The Hall–Kier alpha value is -3.09. The lowest BCUT2D eigenvalue weighted by Crippen LogP contribution is -2.52. The van der Waals surface area contributed by atoms with E-state index in [1.54, 1.807) is 17.2 Å². The van der Waals surface area contributed by atoms with Gasteiger partial charge in [-0.3, -0.25) is 0 Å². The summed E-state index contributed by atoms with van der Waals surface area (Å²) in [5.74, 6) is -0.491. The minimum Gasteiger partial charge on any atom is -0.464 e. The van der Waals surface area contributed by atoms with Crippen LogP contribution in [-0.4, -0.2) is 42.1 Å². The van der Waals surface area contributed by atoms with Crippen molar-refractivity contribution in [2.75, 3.05) is 31.1 Å². The van der Waals surface area contributed by atoms with Gasteiger partial charge in [-0.05, 0) is 30.7 Å². The maximum Gasteiger partial charge on any atom is 0.317 e. The van der Waals surface area contributed by atoms with E-state index in [1.165, 1.54) is 12.3 Å². The second kappa shape index (κ2) is 7.26. The van der Waals surface area contributed by atoms with Gasteiger partial charge in [0.15, 0.2) is 0 Å². The summed E-state index contributed by atoms with van der Waals surface area (Å²) in [7, 11) is 0. The molecule has 140 valence electrons. The van der Waals surface area contributed by atoms with Crippen molar-refractivity contribution in [3.05, 3.63) is 60.4 Å². The minimum atomic E-state index is -0.491. The molecule has 1 atom stereocenters. The minimum absolute atomic E-state index is 0.0939. The highest BCUT2D eigenvalue weighted by atomic mass is 19.1. The fraction of sp³-hybridized carbons (Fsp3) is 0.300. The van der Waals surface area contributed by atoms with Crippen LogP contribution in [0, 0.1) is 5.95 Å². The van der Waals surface area contributed by atoms with Crippen LogP contribution >= 0.6 is 0 Å². The first kappa shape index (κ1) is 17.3. The molecular weight excluding hydrogens is 347 g/mol. The van der Waals surface area contributed by atoms with Crippen LogP contribution in [-0.2, 0) is 0 Å². The largest absolute Gasteiger partial charge is 0.464 e. The van der Waals surface area contributed by atoms with Gasteiger partial charge in [-0.2, -0.15) is 4.39 Å². The van der Waals surface area contributed by atoms with Crippen molar-refractivity contribution in [3.63, 3.8) is 0 Å². The molecule has 0 bridgehead atoms. The molecule has 1 N–H and O–H groups in total. The fourth-order valence-corrected chi connectivity index (χ4v) is 3.51. The third kappa shape index (κ3) is 3.58. The van der Waals surface area contributed by atoms with Gasteiger partial charge in [0, 0.05) is 49.5 Å². The fourth-order valence-electron chi connectivity index (χ4n) is 3.51. The number of hydrogen-bond acceptors (Lipinski definition) is 4. The topological polar surface area (TPSA) is 61.6 Å². The summed E-state index contributed by atoms with van der Waals surface area (Å²) in [4.78, 5) is 20.1. The molecule has 1 fully saturated rings. The predicted molar refractivity (Wildman–Crippen MR) is 101 cm³/mol. The molecule has 4 rings (SSSR count). The molecule has 2 aromatic heterocycles. The number of anilines is 1. The number of pyridine rings is 1. The average molecular weight is 368 g/mol. The SMILES string of the molecule is C[C@@H](NC(=O)N1CCN(c2ccnc(F)c2)CC1)c1cccc2occc12. The number of benzene rings is 1. The third-order valence-corrected chi connectivity index (χ3v) is 4.98. The van der Waals surface area contributed by atoms with E-state index in [4.69, 9.17) is 4.42 Å². The smallest absolute Gasteiger partial charge is 0.317 e. The number of carbonyl (C=O) groups is 1. The molecule has 6 nitrogen and oxygen atoms in total. The van der Waals surface area contributed by atoms with Crippen LogP contribution < -0.4 is 10.2 Å². The molecule has 1 aliphatic heterocycles. The van der Waals surface area contributed by atoms with Crippen molar-refractivity contribution >= 4 is 22.7 Å². The zero-order chi connectivity index (χ0) is 18.8. The lowest BCUT2D eigenvalue weighted by molar-refractivity contribution is 0.191. The first-order chi connectivity index (χ1) is 13.1. The summed E-state index contributed by atoms with van der Waals surface area (Å²) in [5.41, 5.74) is 2.63. The van der Waals surface area contributed by atoms with Crippen LogP contribution in [0.1, 0.15) is 18.5 Å². The number of fused-ring (bicyclic) bond motifs is 1. The van der Waals surface area contributed by atoms with Crippen molar-refractivity contribution < 1.29 is 13.6 Å². The standard InChI is InChI=1S/C20H21FN4O2/c1-14(16-3-2-4-18-17(16)6-12-27-18)23-20(26)25-10-8-24(9-11-25)15-5-7-22-19(21)13-15/h2-7,12-14H,8-11H2,1H3,(H,23,26)/t14-/m1/s1. The Balaban J connectivity index is 1.37. The van der Waals surface area contributed by atoms with E-state index in [-0.39, 0.29) is 12.1 Å². The molecule has 1 aromatic carbocycles. The van der Waals surface area contributed by atoms with E-state index < -0.39 is 5.95 Å². The number of aromatic nitrogens is 1. The first-order valence-corrected chi connectivity index (χ1v) is 9.00. The Morgan fingerprint density at radius 3 is 2.81 bits per heavy atom. The van der Waals surface area contributed by atoms with E-state index in [9.17, 15) is 9.18 Å². The quantitative estimate of drug-likeness (QED) is 0.718. The van der Waals surface area contributed by atoms with E-state index in [0.29, 0.717) is 26.2 Å². The highest BCUT2D eigenvalue weighted by Gasteiger charge is 2.23. The first-order valence-electron chi connectivity index (χ1n) is 9.00. The van der Waals surface area contributed by atoms with Crippen LogP contribution in [0.25, 0.3) is 11.0 Å². The molecule has 0 unspecified atom stereocenters. The van der Waals surface area contributed by atoms with Gasteiger partial charge in [0.1, 0.15) is 5.58 Å². The molecule has 0 aliphatic carbocycles. The van der Waals surface area contributed by atoms with Gasteiger partial charge >= 0.3 is 6.03 Å². The molecular formula is C20H21FN4O2. The van der Waals surface area contributed by atoms with Crippen LogP contribution in [0.2, 0.25) is 0 Å². The number of halogens is 1. The molecule has 0 saturated carbocycles. The lowest BCUT2D eigenvalue weighted by Gasteiger charge is -2.36. The van der Waals surface area contributed by atoms with Gasteiger partial charge in [0.05, 0.1) is 12.3 Å². The number of nitrogens with one attached hydrogen (secondary N) is 1. The molecule has 7 heteroatoms. The molecule has 0 spiro atoms. The van der Waals surface area contributed by atoms with Crippen LogP contribution in [0.4, 0.5) is 14.9 Å². The second-order valence-corrected chi connectivity index (χ2v) is 6.66. The highest BCUT2D eigenvalue weighted by molar-refractivity contribution is 5.82. The number of furan rings is 1. The summed E-state index contributed by atoms with van der Waals surface area (Å²) in [6, 6.07) is 10.7. The Morgan fingerprint density at radius 2 is 2.04 bits per heavy atom. The van der Waals surface area contributed by atoms with Crippen molar-refractivity contribution in [2.45, 2.75) is 13.0 Å². The number of carbonyl (C=O) groups excluding carboxylic acids is 1. The summed E-state index contributed by atoms with van der Waals surface area (Å²) in [5, 5.41) is 4.08. The van der Waals surface area contributed by atoms with Gasteiger partial charge in [0.2, 0.25) is 5.95 Å². The molecule has 3 heterocycles. The van der Waals surface area contributed by atoms with Crippen LogP contribution in [0.3, 0.4) is 0 Å². The third-order valence-electron chi connectivity index (χ3n) is 4.98.